The van der Waals surface area contributed by atoms with Gasteiger partial charge < -0.3 is 35.6 Å². The number of phosphoric ester groups is 1. The van der Waals surface area contributed by atoms with Gasteiger partial charge in [-0.2, -0.15) is 0 Å². The molecule has 1 aliphatic heterocycles. The summed E-state index contributed by atoms with van der Waals surface area (Å²) >= 11 is 0. The third kappa shape index (κ3) is 2.83. The minimum Gasteiger partial charge on any atom is -0.478 e. The minimum atomic E-state index is -4.91. The zero-order chi connectivity index (χ0) is 19.3. The molecule has 0 saturated carbocycles. The van der Waals surface area contributed by atoms with Crippen molar-refractivity contribution in [1.29, 1.82) is 0 Å². The van der Waals surface area contributed by atoms with Gasteiger partial charge in [-0.25, -0.2) is 24.3 Å². The number of ether oxygens (including phenoxy) is 1. The molecule has 0 radical (unpaired) electrons. The van der Waals surface area contributed by atoms with Crippen molar-refractivity contribution in [2.45, 2.75) is 24.0 Å². The molecule has 1 saturated heterocycles. The van der Waals surface area contributed by atoms with Crippen molar-refractivity contribution < 1.29 is 43.7 Å². The summed E-state index contributed by atoms with van der Waals surface area (Å²) in [5, 5.41) is 30.1. The van der Waals surface area contributed by atoms with Crippen LogP contribution in [0.15, 0.2) is 12.7 Å². The fraction of sp³-hybridized carbons (Fsp3) is 0.455. The number of aliphatic carboxylic acids is 1. The summed E-state index contributed by atoms with van der Waals surface area (Å²) in [4.78, 5) is 40.9. The van der Waals surface area contributed by atoms with Gasteiger partial charge in [-0.15, -0.1) is 0 Å². The molecule has 142 valence electrons. The highest BCUT2D eigenvalue weighted by atomic mass is 31.2. The van der Waals surface area contributed by atoms with E-state index in [1.54, 1.807) is 0 Å². The van der Waals surface area contributed by atoms with Gasteiger partial charge >= 0.3 is 13.8 Å². The van der Waals surface area contributed by atoms with E-state index < -0.39 is 44.4 Å². The van der Waals surface area contributed by atoms with E-state index in [4.69, 9.17) is 20.3 Å². The van der Waals surface area contributed by atoms with E-state index in [-0.39, 0.29) is 17.0 Å². The zero-order valence-electron chi connectivity index (χ0n) is 12.8. The maximum atomic E-state index is 11.9. The largest absolute Gasteiger partial charge is 0.478 e. The van der Waals surface area contributed by atoms with Gasteiger partial charge in [-0.1, -0.05) is 0 Å². The lowest BCUT2D eigenvalue weighted by Gasteiger charge is -2.28. The molecular weight excluding hydrogens is 377 g/mol. The van der Waals surface area contributed by atoms with Crippen molar-refractivity contribution in [3.8, 4) is 0 Å². The molecule has 4 atom stereocenters. The zero-order valence-corrected chi connectivity index (χ0v) is 13.7. The summed E-state index contributed by atoms with van der Waals surface area (Å²) in [5.74, 6) is -1.76. The van der Waals surface area contributed by atoms with Gasteiger partial charge in [0.25, 0.3) is 5.72 Å². The molecule has 7 N–H and O–H groups in total. The molecule has 1 fully saturated rings. The van der Waals surface area contributed by atoms with Gasteiger partial charge in [0.15, 0.2) is 11.5 Å². The molecule has 0 spiro atoms. The summed E-state index contributed by atoms with van der Waals surface area (Å²) < 4.78 is 21.2. The van der Waals surface area contributed by atoms with Crippen molar-refractivity contribution in [3.63, 3.8) is 0 Å². The van der Waals surface area contributed by atoms with Crippen LogP contribution >= 0.6 is 7.82 Å². The molecule has 0 aliphatic carbocycles. The Labute approximate surface area is 144 Å². The van der Waals surface area contributed by atoms with Crippen LogP contribution in [0.3, 0.4) is 0 Å². The van der Waals surface area contributed by atoms with Crippen molar-refractivity contribution in [1.82, 2.24) is 19.5 Å². The van der Waals surface area contributed by atoms with Gasteiger partial charge in [-0.3, -0.25) is 9.09 Å². The summed E-state index contributed by atoms with van der Waals surface area (Å²) in [7, 11) is -4.91. The van der Waals surface area contributed by atoms with Crippen LogP contribution in [0.4, 0.5) is 5.82 Å². The molecule has 26 heavy (non-hydrogen) atoms. The number of carboxylic acids is 1. The first kappa shape index (κ1) is 18.6. The number of rotatable bonds is 5. The summed E-state index contributed by atoms with van der Waals surface area (Å²) in [6, 6.07) is 0. The third-order valence-electron chi connectivity index (χ3n) is 3.87. The number of carbonyl (C=O) groups is 1. The number of phosphoric acid groups is 1. The number of aromatic nitrogens is 4. The lowest BCUT2D eigenvalue weighted by Crippen LogP contribution is -2.51. The number of aliphatic hydroxyl groups is 2. The monoisotopic (exact) mass is 391 g/mol. The topological polar surface area (TPSA) is 223 Å². The molecule has 14 nitrogen and oxygen atoms in total. The van der Waals surface area contributed by atoms with E-state index in [0.717, 1.165) is 17.2 Å². The number of anilines is 1. The Balaban J connectivity index is 2.06. The molecule has 3 rings (SSSR count). The summed E-state index contributed by atoms with van der Waals surface area (Å²) in [6.45, 7) is -0.874. The van der Waals surface area contributed by atoms with Crippen LogP contribution in [-0.2, 0) is 24.3 Å². The van der Waals surface area contributed by atoms with Gasteiger partial charge in [0, 0.05) is 0 Å². The first-order valence-corrected chi connectivity index (χ1v) is 8.52. The van der Waals surface area contributed by atoms with E-state index in [1.807, 2.05) is 0 Å². The first-order valence-electron chi connectivity index (χ1n) is 6.99. The number of imidazole rings is 1. The second-order valence-electron chi connectivity index (χ2n) is 5.43. The predicted molar refractivity (Wildman–Crippen MR) is 80.2 cm³/mol. The average molecular weight is 391 g/mol. The average Bonchev–Trinajstić information content (AvgIpc) is 3.08. The van der Waals surface area contributed by atoms with Crippen LogP contribution in [0, 0.1) is 0 Å². The molecule has 2 aromatic heterocycles. The van der Waals surface area contributed by atoms with Gasteiger partial charge in [0.2, 0.25) is 0 Å². The van der Waals surface area contributed by atoms with Gasteiger partial charge in [0.05, 0.1) is 6.61 Å². The van der Waals surface area contributed by atoms with Crippen LogP contribution in [0.5, 0.6) is 0 Å². The first-order chi connectivity index (χ1) is 12.1. The highest BCUT2D eigenvalue weighted by molar-refractivity contribution is 7.46. The Bertz CT molecular complexity index is 899. The quantitative estimate of drug-likeness (QED) is 0.287. The summed E-state index contributed by atoms with van der Waals surface area (Å²) in [6.07, 6.45) is -3.43. The SMILES string of the molecule is Nc1ncnc2c1ncn2[C@]1(C(=O)O)O[C@H](COP(=O)(O)O)[C@@H](O)[C@H]1O. The number of nitrogens with zero attached hydrogens (tertiary/aromatic N) is 4. The number of nitrogen functional groups attached to an aromatic ring is 1. The number of carboxylic acid groups (broad SMARTS) is 1. The Morgan fingerprint density at radius 1 is 1.38 bits per heavy atom. The highest BCUT2D eigenvalue weighted by Gasteiger charge is 2.62. The molecule has 3 heterocycles. The number of fused-ring (bicyclic) bond motifs is 1. The Hall–Kier alpha value is -2.19. The fourth-order valence-electron chi connectivity index (χ4n) is 2.68. The molecule has 0 unspecified atom stereocenters. The molecule has 0 bridgehead atoms. The standard InChI is InChI=1S/C11H14N5O9P/c12-8-5-9(14-2-13-8)16(3-15-5)11(10(19)20)7(18)6(17)4(25-11)1-24-26(21,22)23/h2-4,6-7,17-18H,1H2,(H,19,20)(H2,12,13,14)(H2,21,22,23)/t4-,6-,7-,11+/m1/s1. The van der Waals surface area contributed by atoms with E-state index in [9.17, 15) is 24.7 Å². The molecular formula is C11H14N5O9P. The normalized spacial score (nSPS) is 29.3. The highest BCUT2D eigenvalue weighted by Crippen LogP contribution is 2.41. The van der Waals surface area contributed by atoms with Crippen molar-refractivity contribution in [3.05, 3.63) is 12.7 Å². The van der Waals surface area contributed by atoms with E-state index >= 15 is 0 Å². The van der Waals surface area contributed by atoms with Crippen LogP contribution in [0.25, 0.3) is 11.2 Å². The van der Waals surface area contributed by atoms with E-state index in [1.165, 1.54) is 0 Å². The molecule has 0 aromatic carbocycles. The number of aliphatic hydroxyl groups excluding tert-OH is 2. The van der Waals surface area contributed by atoms with E-state index in [0.29, 0.717) is 0 Å². The predicted octanol–water partition coefficient (Wildman–Crippen LogP) is -2.62. The lowest BCUT2D eigenvalue weighted by atomic mass is 10.0. The van der Waals surface area contributed by atoms with Crippen LogP contribution in [0.1, 0.15) is 0 Å². The number of hydrogen-bond donors (Lipinski definition) is 6. The number of nitrogens with two attached hydrogens (primary N) is 1. The van der Waals surface area contributed by atoms with Crippen LogP contribution < -0.4 is 5.73 Å². The van der Waals surface area contributed by atoms with Crippen molar-refractivity contribution in [2.24, 2.45) is 0 Å². The van der Waals surface area contributed by atoms with Crippen LogP contribution in [-0.4, -0.2) is 75.5 Å². The Morgan fingerprint density at radius 2 is 2.08 bits per heavy atom. The Morgan fingerprint density at radius 3 is 2.69 bits per heavy atom. The molecule has 1 aliphatic rings. The van der Waals surface area contributed by atoms with Gasteiger partial charge in [0.1, 0.15) is 36.5 Å². The minimum absolute atomic E-state index is 0.0355. The molecule has 0 amide bonds. The number of hydrogen-bond acceptors (Lipinski definition) is 10. The van der Waals surface area contributed by atoms with Gasteiger partial charge in [-0.05, 0) is 0 Å². The smallest absolute Gasteiger partial charge is 0.469 e. The lowest BCUT2D eigenvalue weighted by molar-refractivity contribution is -0.193. The van der Waals surface area contributed by atoms with Crippen LogP contribution in [0.2, 0.25) is 0 Å². The maximum Gasteiger partial charge on any atom is 0.469 e. The molecule has 2 aromatic rings. The van der Waals surface area contributed by atoms with Crippen molar-refractivity contribution in [2.75, 3.05) is 12.3 Å². The summed E-state index contributed by atoms with van der Waals surface area (Å²) in [5.41, 5.74) is 2.99. The van der Waals surface area contributed by atoms with E-state index in [2.05, 4.69) is 19.5 Å². The second kappa shape index (κ2) is 6.21. The fourth-order valence-corrected chi connectivity index (χ4v) is 3.02. The maximum absolute atomic E-state index is 11.9. The second-order valence-corrected chi connectivity index (χ2v) is 6.66. The Kier molecular flexibility index (Phi) is 4.44. The molecule has 15 heteroatoms. The van der Waals surface area contributed by atoms with Crippen molar-refractivity contribution >= 4 is 30.8 Å². The third-order valence-corrected chi connectivity index (χ3v) is 4.35.